The molecule has 0 amide bonds. The van der Waals surface area contributed by atoms with Gasteiger partial charge in [-0.3, -0.25) is 0 Å². The molecule has 4 aromatic carbocycles. The SMILES string of the molecule is CCCCCCCCC(C(C)=Cc1ccccc1)c1ccccc1Oc1ccccc1C(CCCCCCCC)C(C)=Cc1ccccc1. The van der Waals surface area contributed by atoms with Crippen molar-refractivity contribution >= 4 is 12.2 Å². The highest BCUT2D eigenvalue weighted by Crippen LogP contribution is 2.42. The molecule has 1 nitrogen and oxygen atoms in total. The van der Waals surface area contributed by atoms with Gasteiger partial charge in [0, 0.05) is 23.0 Å². The highest BCUT2D eigenvalue weighted by Gasteiger charge is 2.22. The quantitative estimate of drug-likeness (QED) is 0.0766. The maximum absolute atomic E-state index is 7.07. The zero-order valence-corrected chi connectivity index (χ0v) is 31.0. The predicted molar refractivity (Wildman–Crippen MR) is 215 cm³/mol. The van der Waals surface area contributed by atoms with Gasteiger partial charge in [0.1, 0.15) is 11.5 Å². The predicted octanol–water partition coefficient (Wildman–Crippen LogP) is 15.4. The van der Waals surface area contributed by atoms with E-state index in [4.69, 9.17) is 4.74 Å². The van der Waals surface area contributed by atoms with E-state index in [1.165, 1.54) is 110 Å². The van der Waals surface area contributed by atoms with Gasteiger partial charge in [-0.05, 0) is 49.9 Å². The summed E-state index contributed by atoms with van der Waals surface area (Å²) < 4.78 is 7.07. The van der Waals surface area contributed by atoms with Gasteiger partial charge in [-0.1, -0.05) is 211 Å². The second-order valence-corrected chi connectivity index (χ2v) is 14.0. The van der Waals surface area contributed by atoms with Gasteiger partial charge in [0.05, 0.1) is 0 Å². The lowest BCUT2D eigenvalue weighted by Gasteiger charge is -2.25. The number of benzene rings is 4. The summed E-state index contributed by atoms with van der Waals surface area (Å²) in [6, 6.07) is 39.2. The fraction of sp³-hybridized carbons (Fsp3) is 0.417. The van der Waals surface area contributed by atoms with Crippen molar-refractivity contribution in [1.82, 2.24) is 0 Å². The van der Waals surface area contributed by atoms with Crippen LogP contribution in [0.4, 0.5) is 0 Å². The van der Waals surface area contributed by atoms with E-state index in [-0.39, 0.29) is 0 Å². The summed E-state index contributed by atoms with van der Waals surface area (Å²) in [5, 5.41) is 0. The van der Waals surface area contributed by atoms with Gasteiger partial charge in [0.2, 0.25) is 0 Å². The first-order valence-corrected chi connectivity index (χ1v) is 19.4. The number of unbranched alkanes of at least 4 members (excludes halogenated alkanes) is 10. The maximum Gasteiger partial charge on any atom is 0.131 e. The van der Waals surface area contributed by atoms with E-state index in [1.54, 1.807) is 0 Å². The van der Waals surface area contributed by atoms with Crippen LogP contribution in [0.2, 0.25) is 0 Å². The molecule has 0 saturated heterocycles. The largest absolute Gasteiger partial charge is 0.457 e. The molecule has 49 heavy (non-hydrogen) atoms. The number of ether oxygens (including phenoxy) is 1. The highest BCUT2D eigenvalue weighted by atomic mass is 16.5. The van der Waals surface area contributed by atoms with Crippen molar-refractivity contribution in [1.29, 1.82) is 0 Å². The molecule has 0 aromatic heterocycles. The molecular formula is C48H62O. The van der Waals surface area contributed by atoms with Crippen molar-refractivity contribution in [2.75, 3.05) is 0 Å². The fourth-order valence-electron chi connectivity index (χ4n) is 7.18. The third kappa shape index (κ3) is 12.8. The van der Waals surface area contributed by atoms with Crippen LogP contribution in [0.25, 0.3) is 12.2 Å². The molecule has 0 heterocycles. The molecule has 0 N–H and O–H groups in total. The Balaban J connectivity index is 1.65. The minimum Gasteiger partial charge on any atom is -0.457 e. The third-order valence-corrected chi connectivity index (χ3v) is 9.99. The maximum atomic E-state index is 7.07. The van der Waals surface area contributed by atoms with Crippen molar-refractivity contribution in [3.63, 3.8) is 0 Å². The molecule has 0 aliphatic rings. The second kappa shape index (κ2) is 22.0. The Morgan fingerprint density at radius 3 is 1.20 bits per heavy atom. The fourth-order valence-corrected chi connectivity index (χ4v) is 7.18. The number of para-hydroxylation sites is 2. The van der Waals surface area contributed by atoms with E-state index in [2.05, 4.69) is 149 Å². The minimum atomic E-state index is 0.299. The number of allylic oxidation sites excluding steroid dienone is 2. The molecule has 260 valence electrons. The molecule has 4 rings (SSSR count). The summed E-state index contributed by atoms with van der Waals surface area (Å²) in [4.78, 5) is 0. The molecule has 0 spiro atoms. The first kappa shape index (κ1) is 38.0. The molecule has 1 heteroatoms. The number of rotatable bonds is 22. The van der Waals surface area contributed by atoms with Gasteiger partial charge in [-0.15, -0.1) is 0 Å². The van der Waals surface area contributed by atoms with E-state index >= 15 is 0 Å². The summed E-state index contributed by atoms with van der Waals surface area (Å²) in [6.07, 6.45) is 22.6. The van der Waals surface area contributed by atoms with Gasteiger partial charge >= 0.3 is 0 Å². The van der Waals surface area contributed by atoms with Crippen LogP contribution >= 0.6 is 0 Å². The van der Waals surface area contributed by atoms with Crippen LogP contribution in [0.1, 0.15) is 152 Å². The van der Waals surface area contributed by atoms with Crippen LogP contribution in [0.3, 0.4) is 0 Å². The van der Waals surface area contributed by atoms with E-state index in [0.29, 0.717) is 11.8 Å². The van der Waals surface area contributed by atoms with Crippen LogP contribution < -0.4 is 4.74 Å². The van der Waals surface area contributed by atoms with Gasteiger partial charge in [-0.2, -0.15) is 0 Å². The van der Waals surface area contributed by atoms with E-state index in [0.717, 1.165) is 24.3 Å². The molecular weight excluding hydrogens is 593 g/mol. The van der Waals surface area contributed by atoms with Crippen molar-refractivity contribution in [2.24, 2.45) is 0 Å². The molecule has 0 saturated carbocycles. The first-order chi connectivity index (χ1) is 24.1. The van der Waals surface area contributed by atoms with Crippen molar-refractivity contribution in [3.05, 3.63) is 143 Å². The van der Waals surface area contributed by atoms with Gasteiger partial charge in [0.15, 0.2) is 0 Å². The summed E-state index contributed by atoms with van der Waals surface area (Å²) in [6.45, 7) is 9.21. The highest BCUT2D eigenvalue weighted by molar-refractivity contribution is 5.58. The molecule has 4 aromatic rings. The lowest BCUT2D eigenvalue weighted by molar-refractivity contribution is 0.456. The lowest BCUT2D eigenvalue weighted by atomic mass is 9.85. The molecule has 0 radical (unpaired) electrons. The monoisotopic (exact) mass is 654 g/mol. The normalized spacial score (nSPS) is 13.3. The Kier molecular flexibility index (Phi) is 17.0. The van der Waals surface area contributed by atoms with Crippen LogP contribution in [-0.4, -0.2) is 0 Å². The Labute approximate surface area is 299 Å². The van der Waals surface area contributed by atoms with E-state index < -0.39 is 0 Å². The van der Waals surface area contributed by atoms with E-state index in [9.17, 15) is 0 Å². The molecule has 2 unspecified atom stereocenters. The van der Waals surface area contributed by atoms with Crippen molar-refractivity contribution in [2.45, 2.75) is 129 Å². The van der Waals surface area contributed by atoms with Crippen molar-refractivity contribution in [3.8, 4) is 11.5 Å². The Morgan fingerprint density at radius 1 is 0.449 bits per heavy atom. The topological polar surface area (TPSA) is 9.23 Å². The molecule has 0 bridgehead atoms. The van der Waals surface area contributed by atoms with Gasteiger partial charge in [-0.25, -0.2) is 0 Å². The summed E-state index contributed by atoms with van der Waals surface area (Å²) in [7, 11) is 0. The molecule has 0 fully saturated rings. The van der Waals surface area contributed by atoms with Crippen LogP contribution in [0.15, 0.2) is 120 Å². The number of hydrogen-bond donors (Lipinski definition) is 0. The first-order valence-electron chi connectivity index (χ1n) is 19.4. The van der Waals surface area contributed by atoms with Crippen LogP contribution in [-0.2, 0) is 0 Å². The minimum absolute atomic E-state index is 0.299. The second-order valence-electron chi connectivity index (χ2n) is 14.0. The van der Waals surface area contributed by atoms with Crippen LogP contribution in [0.5, 0.6) is 11.5 Å². The summed E-state index contributed by atoms with van der Waals surface area (Å²) in [5.41, 5.74) is 7.89. The average molecular weight is 655 g/mol. The summed E-state index contributed by atoms with van der Waals surface area (Å²) in [5.74, 6) is 2.56. The Morgan fingerprint density at radius 2 is 0.796 bits per heavy atom. The molecule has 2 atom stereocenters. The van der Waals surface area contributed by atoms with Gasteiger partial charge < -0.3 is 4.74 Å². The lowest BCUT2D eigenvalue weighted by Crippen LogP contribution is -2.06. The van der Waals surface area contributed by atoms with E-state index in [1.807, 2.05) is 0 Å². The Hall–Kier alpha value is -3.84. The Bertz CT molecular complexity index is 1410. The van der Waals surface area contributed by atoms with Gasteiger partial charge in [0.25, 0.3) is 0 Å². The molecule has 0 aliphatic heterocycles. The average Bonchev–Trinajstić information content (AvgIpc) is 3.12. The third-order valence-electron chi connectivity index (χ3n) is 9.99. The van der Waals surface area contributed by atoms with Crippen LogP contribution in [0, 0.1) is 0 Å². The standard InChI is InChI=1S/C48H62O/c1-5-7-9-11-13-21-31-43(39(3)37-41-27-17-15-18-28-41)45-33-23-25-35-47(45)49-48-36-26-24-34-46(48)44(32-22-14-12-10-8-6-2)40(4)38-42-29-19-16-20-30-42/h15-20,23-30,33-38,43-44H,5-14,21-22,31-32H2,1-4H3. The van der Waals surface area contributed by atoms with Crippen molar-refractivity contribution < 1.29 is 4.74 Å². The zero-order chi connectivity index (χ0) is 34.5. The summed E-state index contributed by atoms with van der Waals surface area (Å²) >= 11 is 0. The number of hydrogen-bond acceptors (Lipinski definition) is 1. The smallest absolute Gasteiger partial charge is 0.131 e. The zero-order valence-electron chi connectivity index (χ0n) is 31.0. The molecule has 0 aliphatic carbocycles.